The summed E-state index contributed by atoms with van der Waals surface area (Å²) in [5.41, 5.74) is 1.43. The summed E-state index contributed by atoms with van der Waals surface area (Å²) in [7, 11) is 2.20. The predicted octanol–water partition coefficient (Wildman–Crippen LogP) is 1.02. The van der Waals surface area contributed by atoms with Gasteiger partial charge in [-0.25, -0.2) is 0 Å². The van der Waals surface area contributed by atoms with Crippen molar-refractivity contribution in [2.75, 3.05) is 39.9 Å². The van der Waals surface area contributed by atoms with Gasteiger partial charge in [0.1, 0.15) is 0 Å². The molecule has 0 aliphatic carbocycles. The lowest BCUT2D eigenvalue weighted by Gasteiger charge is -2.30. The van der Waals surface area contributed by atoms with Crippen LogP contribution in [0.3, 0.4) is 0 Å². The molecule has 0 amide bonds. The van der Waals surface area contributed by atoms with Gasteiger partial charge in [0.2, 0.25) is 0 Å². The summed E-state index contributed by atoms with van der Waals surface area (Å²) < 4.78 is 5.42. The molecule has 86 valence electrons. The fraction of sp³-hybridized carbons (Fsp3) is 0.833. The summed E-state index contributed by atoms with van der Waals surface area (Å²) in [4.78, 5) is 2.40. The number of ether oxygens (including phenoxy) is 1. The van der Waals surface area contributed by atoms with Crippen molar-refractivity contribution in [3.8, 4) is 0 Å². The molecule has 0 saturated carbocycles. The van der Waals surface area contributed by atoms with E-state index in [4.69, 9.17) is 4.74 Å². The van der Waals surface area contributed by atoms with Crippen LogP contribution in [-0.4, -0.2) is 50.8 Å². The second kappa shape index (κ2) is 5.64. The Labute approximate surface area is 92.5 Å². The summed E-state index contributed by atoms with van der Waals surface area (Å²) in [5, 5.41) is 3.64. The second-order valence-electron chi connectivity index (χ2n) is 4.66. The van der Waals surface area contributed by atoms with Crippen molar-refractivity contribution in [1.29, 1.82) is 0 Å². The Balaban J connectivity index is 1.67. The average Bonchev–Trinajstić information content (AvgIpc) is 2.30. The van der Waals surface area contributed by atoms with Crippen molar-refractivity contribution in [2.45, 2.75) is 25.3 Å². The van der Waals surface area contributed by atoms with E-state index in [-0.39, 0.29) is 0 Å². The zero-order chi connectivity index (χ0) is 10.5. The number of piperidine rings is 1. The number of nitrogens with one attached hydrogen (secondary N) is 1. The van der Waals surface area contributed by atoms with Gasteiger partial charge in [-0.1, -0.05) is 6.08 Å². The SMILES string of the molecule is CN1CCC(NCC2=CCCOC2)CC1. The third-order valence-electron chi connectivity index (χ3n) is 3.32. The first kappa shape index (κ1) is 11.1. The van der Waals surface area contributed by atoms with Crippen molar-refractivity contribution in [2.24, 2.45) is 0 Å². The highest BCUT2D eigenvalue weighted by Gasteiger charge is 2.16. The van der Waals surface area contributed by atoms with E-state index in [1.165, 1.54) is 31.5 Å². The van der Waals surface area contributed by atoms with Crippen LogP contribution in [0.4, 0.5) is 0 Å². The summed E-state index contributed by atoms with van der Waals surface area (Å²) in [6.07, 6.45) is 5.98. The van der Waals surface area contributed by atoms with Crippen LogP contribution in [0.5, 0.6) is 0 Å². The number of hydrogen-bond acceptors (Lipinski definition) is 3. The molecule has 1 saturated heterocycles. The molecule has 0 atom stereocenters. The van der Waals surface area contributed by atoms with Gasteiger partial charge in [0.25, 0.3) is 0 Å². The molecular weight excluding hydrogens is 188 g/mol. The van der Waals surface area contributed by atoms with Gasteiger partial charge < -0.3 is 15.0 Å². The molecule has 0 spiro atoms. The van der Waals surface area contributed by atoms with Gasteiger partial charge >= 0.3 is 0 Å². The molecule has 0 radical (unpaired) electrons. The number of nitrogens with zero attached hydrogens (tertiary/aromatic N) is 1. The lowest BCUT2D eigenvalue weighted by molar-refractivity contribution is 0.147. The minimum absolute atomic E-state index is 0.712. The highest BCUT2D eigenvalue weighted by molar-refractivity contribution is 5.07. The van der Waals surface area contributed by atoms with Gasteiger partial charge in [-0.15, -0.1) is 0 Å². The Bertz CT molecular complexity index is 220. The van der Waals surface area contributed by atoms with E-state index < -0.39 is 0 Å². The first-order valence-electron chi connectivity index (χ1n) is 6.02. The van der Waals surface area contributed by atoms with Crippen molar-refractivity contribution in [3.05, 3.63) is 11.6 Å². The number of likely N-dealkylation sites (tertiary alicyclic amines) is 1. The molecule has 0 aromatic carbocycles. The molecule has 0 aromatic heterocycles. The van der Waals surface area contributed by atoms with Crippen molar-refractivity contribution < 1.29 is 4.74 Å². The van der Waals surface area contributed by atoms with E-state index in [9.17, 15) is 0 Å². The molecule has 1 N–H and O–H groups in total. The molecule has 2 heterocycles. The Morgan fingerprint density at radius 1 is 1.47 bits per heavy atom. The lowest BCUT2D eigenvalue weighted by atomic mass is 10.0. The van der Waals surface area contributed by atoms with Gasteiger partial charge in [0.15, 0.2) is 0 Å². The van der Waals surface area contributed by atoms with Gasteiger partial charge in [0, 0.05) is 12.6 Å². The molecule has 3 heteroatoms. The molecule has 2 aliphatic heterocycles. The Morgan fingerprint density at radius 2 is 2.27 bits per heavy atom. The van der Waals surface area contributed by atoms with E-state index in [1.807, 2.05) is 0 Å². The topological polar surface area (TPSA) is 24.5 Å². The monoisotopic (exact) mass is 210 g/mol. The van der Waals surface area contributed by atoms with E-state index in [0.717, 1.165) is 26.2 Å². The number of rotatable bonds is 3. The van der Waals surface area contributed by atoms with E-state index in [0.29, 0.717) is 6.04 Å². The molecule has 2 aliphatic rings. The first-order valence-corrected chi connectivity index (χ1v) is 6.02. The van der Waals surface area contributed by atoms with E-state index in [1.54, 1.807) is 0 Å². The maximum absolute atomic E-state index is 5.42. The van der Waals surface area contributed by atoms with Crippen LogP contribution in [0.2, 0.25) is 0 Å². The molecule has 0 bridgehead atoms. The van der Waals surface area contributed by atoms with Crippen molar-refractivity contribution in [3.63, 3.8) is 0 Å². The Kier molecular flexibility index (Phi) is 4.18. The predicted molar refractivity (Wildman–Crippen MR) is 62.0 cm³/mol. The average molecular weight is 210 g/mol. The molecule has 2 rings (SSSR count). The third kappa shape index (κ3) is 3.59. The summed E-state index contributed by atoms with van der Waals surface area (Å²) in [6.45, 7) is 5.21. The molecular formula is C12H22N2O. The van der Waals surface area contributed by atoms with Gasteiger partial charge in [-0.3, -0.25) is 0 Å². The summed E-state index contributed by atoms with van der Waals surface area (Å²) in [5.74, 6) is 0. The van der Waals surface area contributed by atoms with Gasteiger partial charge in [-0.05, 0) is 45.0 Å². The highest BCUT2D eigenvalue weighted by atomic mass is 16.5. The van der Waals surface area contributed by atoms with Crippen LogP contribution in [0.15, 0.2) is 11.6 Å². The maximum atomic E-state index is 5.42. The standard InChI is InChI=1S/C12H22N2O/c1-14-6-4-12(5-7-14)13-9-11-3-2-8-15-10-11/h3,12-13H,2,4-10H2,1H3. The lowest BCUT2D eigenvalue weighted by Crippen LogP contribution is -2.41. The molecule has 0 aromatic rings. The van der Waals surface area contributed by atoms with Crippen LogP contribution in [0.1, 0.15) is 19.3 Å². The van der Waals surface area contributed by atoms with Crippen molar-refractivity contribution >= 4 is 0 Å². The fourth-order valence-electron chi connectivity index (χ4n) is 2.22. The van der Waals surface area contributed by atoms with Gasteiger partial charge in [-0.2, -0.15) is 0 Å². The Hall–Kier alpha value is -0.380. The quantitative estimate of drug-likeness (QED) is 0.704. The van der Waals surface area contributed by atoms with Crippen LogP contribution in [0.25, 0.3) is 0 Å². The van der Waals surface area contributed by atoms with Crippen LogP contribution >= 0.6 is 0 Å². The third-order valence-corrected chi connectivity index (χ3v) is 3.32. The summed E-state index contributed by atoms with van der Waals surface area (Å²) >= 11 is 0. The zero-order valence-electron chi connectivity index (χ0n) is 9.67. The smallest absolute Gasteiger partial charge is 0.0689 e. The minimum atomic E-state index is 0.712. The Morgan fingerprint density at radius 3 is 2.93 bits per heavy atom. The molecule has 1 fully saturated rings. The molecule has 15 heavy (non-hydrogen) atoms. The van der Waals surface area contributed by atoms with Gasteiger partial charge in [0.05, 0.1) is 13.2 Å². The first-order chi connectivity index (χ1) is 7.34. The van der Waals surface area contributed by atoms with Crippen LogP contribution in [0, 0.1) is 0 Å². The summed E-state index contributed by atoms with van der Waals surface area (Å²) in [6, 6.07) is 0.712. The van der Waals surface area contributed by atoms with Crippen LogP contribution in [-0.2, 0) is 4.74 Å². The molecule has 0 unspecified atom stereocenters. The van der Waals surface area contributed by atoms with E-state index >= 15 is 0 Å². The largest absolute Gasteiger partial charge is 0.377 e. The van der Waals surface area contributed by atoms with E-state index in [2.05, 4.69) is 23.3 Å². The maximum Gasteiger partial charge on any atom is 0.0689 e. The second-order valence-corrected chi connectivity index (χ2v) is 4.66. The minimum Gasteiger partial charge on any atom is -0.377 e. The zero-order valence-corrected chi connectivity index (χ0v) is 9.67. The number of hydrogen-bond donors (Lipinski definition) is 1. The normalized spacial score (nSPS) is 25.3. The fourth-order valence-corrected chi connectivity index (χ4v) is 2.22. The van der Waals surface area contributed by atoms with Crippen molar-refractivity contribution in [1.82, 2.24) is 10.2 Å². The highest BCUT2D eigenvalue weighted by Crippen LogP contribution is 2.10. The van der Waals surface area contributed by atoms with Crippen LogP contribution < -0.4 is 5.32 Å². The molecule has 3 nitrogen and oxygen atoms in total.